The van der Waals surface area contributed by atoms with Crippen LogP contribution in [0, 0.1) is 0 Å². The molecular weight excluding hydrogens is 279 g/mol. The van der Waals surface area contributed by atoms with Crippen LogP contribution in [0.3, 0.4) is 0 Å². The van der Waals surface area contributed by atoms with E-state index in [2.05, 4.69) is 26.1 Å². The number of hydrogen-bond acceptors (Lipinski definition) is 4. The maximum atomic E-state index is 11.7. The summed E-state index contributed by atoms with van der Waals surface area (Å²) in [6, 6.07) is 5.43. The van der Waals surface area contributed by atoms with E-state index in [1.807, 2.05) is 18.2 Å². The van der Waals surface area contributed by atoms with Gasteiger partial charge in [-0.3, -0.25) is 9.89 Å². The van der Waals surface area contributed by atoms with Crippen molar-refractivity contribution in [1.29, 1.82) is 0 Å². The monoisotopic (exact) mass is 296 g/mol. The van der Waals surface area contributed by atoms with Crippen LogP contribution in [0.4, 0.5) is 10.5 Å². The van der Waals surface area contributed by atoms with Gasteiger partial charge in [-0.05, 0) is 17.4 Å². The molecule has 0 radical (unpaired) electrons. The number of amides is 2. The quantitative estimate of drug-likeness (QED) is 0.217. The molecule has 0 saturated carbocycles. The lowest BCUT2D eigenvalue weighted by Gasteiger charge is -2.13. The van der Waals surface area contributed by atoms with Crippen molar-refractivity contribution in [3.63, 3.8) is 0 Å². The van der Waals surface area contributed by atoms with Crippen molar-refractivity contribution in [3.8, 4) is 0 Å². The number of rotatable bonds is 5. The first kappa shape index (κ1) is 15.5. The Morgan fingerprint density at radius 1 is 1.68 bits per heavy atom. The molecule has 0 spiro atoms. The molecule has 0 aliphatic rings. The number of nitrogens with zero attached hydrogens (tertiary/aromatic N) is 2. The Morgan fingerprint density at radius 3 is 3.05 bits per heavy atom. The van der Waals surface area contributed by atoms with E-state index in [4.69, 9.17) is 5.73 Å². The van der Waals surface area contributed by atoms with Gasteiger partial charge in [0.05, 0.1) is 12.2 Å². The van der Waals surface area contributed by atoms with Gasteiger partial charge in [0.1, 0.15) is 0 Å². The Morgan fingerprint density at radius 2 is 2.42 bits per heavy atom. The maximum absolute atomic E-state index is 11.7. The molecule has 0 aliphatic carbocycles. The second-order valence-electron chi connectivity index (χ2n) is 3.53. The zero-order valence-corrected chi connectivity index (χ0v) is 12.6. The van der Waals surface area contributed by atoms with Gasteiger partial charge < -0.3 is 11.1 Å². The van der Waals surface area contributed by atoms with Crippen molar-refractivity contribution in [2.45, 2.75) is 4.90 Å². The summed E-state index contributed by atoms with van der Waals surface area (Å²) in [4.78, 5) is 17.7. The zero-order chi connectivity index (χ0) is 14.3. The predicted octanol–water partition coefficient (Wildman–Crippen LogP) is 1.63. The van der Waals surface area contributed by atoms with Gasteiger partial charge in [-0.25, -0.2) is 4.79 Å². The number of benzene rings is 1. The Hall–Kier alpha value is -1.52. The van der Waals surface area contributed by atoms with E-state index in [0.717, 1.165) is 10.2 Å². The van der Waals surface area contributed by atoms with E-state index in [0.29, 0.717) is 11.6 Å². The molecule has 102 valence electrons. The molecule has 0 heterocycles. The summed E-state index contributed by atoms with van der Waals surface area (Å²) >= 11 is 1.46. The molecule has 7 heteroatoms. The summed E-state index contributed by atoms with van der Waals surface area (Å²) < 4.78 is 0. The third kappa shape index (κ3) is 4.93. The Balaban J connectivity index is 2.52. The molecule has 0 bridgehead atoms. The van der Waals surface area contributed by atoms with Crippen LogP contribution in [0.15, 0.2) is 40.9 Å². The third-order valence-electron chi connectivity index (χ3n) is 2.16. The summed E-state index contributed by atoms with van der Waals surface area (Å²) in [5, 5.41) is 3.79. The van der Waals surface area contributed by atoms with Crippen LogP contribution in [0.25, 0.3) is 0 Å². The van der Waals surface area contributed by atoms with Gasteiger partial charge >= 0.3 is 6.03 Å². The number of carbonyl (C=O) groups excluding carboxylic acids is 1. The number of aliphatic imine (C=N–C) groups is 1. The lowest BCUT2D eigenvalue weighted by Crippen LogP contribution is -2.35. The fraction of sp³-hybridized carbons (Fsp3) is 0.167. The second kappa shape index (κ2) is 7.81. The molecule has 1 unspecified atom stereocenters. The number of hydrogen-bond donors (Lipinski definition) is 2. The van der Waals surface area contributed by atoms with Gasteiger partial charge in [-0.15, -0.1) is 21.0 Å². The van der Waals surface area contributed by atoms with Crippen molar-refractivity contribution >= 4 is 44.4 Å². The van der Waals surface area contributed by atoms with Crippen molar-refractivity contribution in [2.24, 2.45) is 4.99 Å². The van der Waals surface area contributed by atoms with E-state index < -0.39 is 0 Å². The molecule has 1 atom stereocenters. The van der Waals surface area contributed by atoms with Gasteiger partial charge in [0.15, 0.2) is 0 Å². The van der Waals surface area contributed by atoms with E-state index in [9.17, 15) is 4.79 Å². The Labute approximate surface area is 119 Å². The summed E-state index contributed by atoms with van der Waals surface area (Å²) in [7, 11) is 4.20. The molecule has 0 aliphatic heterocycles. The maximum Gasteiger partial charge on any atom is 0.327 e. The average Bonchev–Trinajstić information content (AvgIpc) is 2.39. The summed E-state index contributed by atoms with van der Waals surface area (Å²) in [6.45, 7) is 3.54. The molecule has 0 saturated heterocycles. The summed E-state index contributed by atoms with van der Waals surface area (Å²) in [5.41, 5.74) is 6.54. The van der Waals surface area contributed by atoms with Crippen molar-refractivity contribution < 1.29 is 4.79 Å². The molecule has 19 heavy (non-hydrogen) atoms. The number of nitrogen functional groups attached to an aromatic ring is 1. The molecule has 1 aromatic carbocycles. The average molecular weight is 296 g/mol. The topological polar surface area (TPSA) is 70.7 Å². The highest BCUT2D eigenvalue weighted by Gasteiger charge is 2.07. The Bertz CT molecular complexity index is 493. The largest absolute Gasteiger partial charge is 0.398 e. The molecule has 0 fully saturated rings. The van der Waals surface area contributed by atoms with Crippen LogP contribution in [-0.2, 0) is 0 Å². The van der Waals surface area contributed by atoms with Gasteiger partial charge in [0.25, 0.3) is 0 Å². The number of nitrogens with two attached hydrogens (primary N) is 1. The van der Waals surface area contributed by atoms with Gasteiger partial charge in [-0.2, -0.15) is 0 Å². The lowest BCUT2D eigenvalue weighted by molar-refractivity contribution is 0.232. The second-order valence-corrected chi connectivity index (χ2v) is 5.22. The van der Waals surface area contributed by atoms with Crippen LogP contribution in [-0.4, -0.2) is 30.2 Å². The molecule has 1 aromatic rings. The highest BCUT2D eigenvalue weighted by molar-refractivity contribution is 7.99. The number of urea groups is 1. The number of anilines is 1. The summed E-state index contributed by atoms with van der Waals surface area (Å²) in [6.07, 6.45) is 2.79. The molecule has 0 aromatic heterocycles. The van der Waals surface area contributed by atoms with Crippen molar-refractivity contribution in [2.75, 3.05) is 18.7 Å². The van der Waals surface area contributed by atoms with E-state index in [1.54, 1.807) is 7.05 Å². The SMILES string of the molecule is C=CN(C=NC)C(=O)NCSc1cc(P)ccc1N. The highest BCUT2D eigenvalue weighted by atomic mass is 32.2. The van der Waals surface area contributed by atoms with Gasteiger partial charge in [-0.1, -0.05) is 12.6 Å². The zero-order valence-electron chi connectivity index (χ0n) is 10.7. The van der Waals surface area contributed by atoms with E-state index in [1.165, 1.54) is 29.2 Å². The molecule has 1 rings (SSSR count). The fourth-order valence-corrected chi connectivity index (χ4v) is 2.44. The van der Waals surface area contributed by atoms with Crippen LogP contribution >= 0.6 is 21.0 Å². The summed E-state index contributed by atoms with van der Waals surface area (Å²) in [5.74, 6) is 0.416. The third-order valence-corrected chi connectivity index (χ3v) is 3.47. The minimum atomic E-state index is -0.284. The lowest BCUT2D eigenvalue weighted by atomic mass is 10.3. The van der Waals surface area contributed by atoms with E-state index >= 15 is 0 Å². The fourth-order valence-electron chi connectivity index (χ4n) is 1.25. The predicted molar refractivity (Wildman–Crippen MR) is 85.9 cm³/mol. The van der Waals surface area contributed by atoms with Crippen LogP contribution in [0.5, 0.6) is 0 Å². The molecular formula is C12H17N4OPS. The minimum absolute atomic E-state index is 0.284. The van der Waals surface area contributed by atoms with Crippen LogP contribution in [0.1, 0.15) is 0 Å². The van der Waals surface area contributed by atoms with Gasteiger partial charge in [0, 0.05) is 23.8 Å². The van der Waals surface area contributed by atoms with Crippen LogP contribution in [0.2, 0.25) is 0 Å². The number of carbonyl (C=O) groups is 1. The number of nitrogens with one attached hydrogen (secondary N) is 1. The minimum Gasteiger partial charge on any atom is -0.398 e. The first-order chi connectivity index (χ1) is 9.08. The van der Waals surface area contributed by atoms with Crippen molar-refractivity contribution in [3.05, 3.63) is 31.0 Å². The van der Waals surface area contributed by atoms with Crippen LogP contribution < -0.4 is 16.4 Å². The normalized spacial score (nSPS) is 10.4. The van der Waals surface area contributed by atoms with Gasteiger partial charge in [0.2, 0.25) is 0 Å². The molecule has 2 amide bonds. The Kier molecular flexibility index (Phi) is 6.39. The molecule has 3 N–H and O–H groups in total. The molecule has 5 nitrogen and oxygen atoms in total. The standard InChI is InChI=1S/C12H17N4OPS/c1-3-16(7-14-2)12(17)15-8-19-11-6-9(18)4-5-10(11)13/h3-7H,1,8,13,18H2,2H3,(H,15,17). The first-order valence-corrected chi connectivity index (χ1v) is 7.03. The number of thioether (sulfide) groups is 1. The smallest absolute Gasteiger partial charge is 0.327 e. The first-order valence-electron chi connectivity index (χ1n) is 5.47. The van der Waals surface area contributed by atoms with Crippen molar-refractivity contribution in [1.82, 2.24) is 10.2 Å². The highest BCUT2D eigenvalue weighted by Crippen LogP contribution is 2.23. The van der Waals surface area contributed by atoms with E-state index in [-0.39, 0.29) is 6.03 Å².